The van der Waals surface area contributed by atoms with Gasteiger partial charge in [0.25, 0.3) is 0 Å². The summed E-state index contributed by atoms with van der Waals surface area (Å²) in [4.78, 5) is 0. The molecular formula is C7H5Cl2FN2. The summed E-state index contributed by atoms with van der Waals surface area (Å²) in [6.45, 7) is 0. The van der Waals surface area contributed by atoms with Crippen molar-refractivity contribution >= 4 is 29.4 Å². The van der Waals surface area contributed by atoms with Crippen LogP contribution in [0.15, 0.2) is 17.2 Å². The summed E-state index contributed by atoms with van der Waals surface area (Å²) in [5.41, 5.74) is 0.404. The summed E-state index contributed by atoms with van der Waals surface area (Å²) in [7, 11) is 0. The third kappa shape index (κ3) is 1.68. The molecule has 5 heteroatoms. The Balaban J connectivity index is 3.26. The highest BCUT2D eigenvalue weighted by Gasteiger charge is 2.07. The van der Waals surface area contributed by atoms with Gasteiger partial charge in [0.15, 0.2) is 5.82 Å². The Bertz CT molecular complexity index is 325. The molecule has 0 amide bonds. The minimum atomic E-state index is -0.657. The van der Waals surface area contributed by atoms with E-state index in [-0.39, 0.29) is 10.0 Å². The molecule has 0 heterocycles. The van der Waals surface area contributed by atoms with E-state index < -0.39 is 5.82 Å². The zero-order valence-electron chi connectivity index (χ0n) is 5.89. The van der Waals surface area contributed by atoms with E-state index >= 15 is 0 Å². The average molecular weight is 207 g/mol. The number of hydrogen-bond donors (Lipinski definition) is 1. The van der Waals surface area contributed by atoms with Crippen LogP contribution in [0.5, 0.6) is 0 Å². The zero-order chi connectivity index (χ0) is 9.14. The second kappa shape index (κ2) is 3.74. The first-order valence-electron chi connectivity index (χ1n) is 3.03. The lowest BCUT2D eigenvalue weighted by molar-refractivity contribution is 0.628. The van der Waals surface area contributed by atoms with Crippen LogP contribution in [0.4, 0.5) is 4.39 Å². The predicted molar refractivity (Wildman–Crippen MR) is 48.2 cm³/mol. The molecule has 0 aliphatic carbocycles. The summed E-state index contributed by atoms with van der Waals surface area (Å²) in [6.07, 6.45) is 1.25. The van der Waals surface area contributed by atoms with Crippen LogP contribution in [0.3, 0.4) is 0 Å². The van der Waals surface area contributed by atoms with Crippen molar-refractivity contribution in [3.63, 3.8) is 0 Å². The molecule has 2 nitrogen and oxygen atoms in total. The lowest BCUT2D eigenvalue weighted by Gasteiger charge is -1.99. The highest BCUT2D eigenvalue weighted by atomic mass is 35.5. The third-order valence-electron chi connectivity index (χ3n) is 1.28. The number of hydrazone groups is 1. The third-order valence-corrected chi connectivity index (χ3v) is 1.95. The highest BCUT2D eigenvalue weighted by molar-refractivity contribution is 6.36. The quantitative estimate of drug-likeness (QED) is 0.326. The van der Waals surface area contributed by atoms with E-state index in [1.54, 1.807) is 0 Å². The van der Waals surface area contributed by atoms with Gasteiger partial charge in [0.05, 0.1) is 16.3 Å². The van der Waals surface area contributed by atoms with Crippen molar-refractivity contribution in [3.8, 4) is 0 Å². The van der Waals surface area contributed by atoms with Gasteiger partial charge in [0, 0.05) is 5.56 Å². The molecule has 0 aromatic heterocycles. The first-order chi connectivity index (χ1) is 5.66. The smallest absolute Gasteiger partial charge is 0.161 e. The topological polar surface area (TPSA) is 38.4 Å². The lowest BCUT2D eigenvalue weighted by atomic mass is 10.2. The Morgan fingerprint density at radius 1 is 1.42 bits per heavy atom. The van der Waals surface area contributed by atoms with Crippen LogP contribution in [-0.4, -0.2) is 6.21 Å². The van der Waals surface area contributed by atoms with Crippen molar-refractivity contribution in [1.29, 1.82) is 0 Å². The molecule has 0 saturated carbocycles. The normalized spacial score (nSPS) is 10.9. The van der Waals surface area contributed by atoms with Gasteiger partial charge >= 0.3 is 0 Å². The van der Waals surface area contributed by atoms with Gasteiger partial charge in [-0.15, -0.1) is 0 Å². The molecule has 12 heavy (non-hydrogen) atoms. The lowest BCUT2D eigenvalue weighted by Crippen LogP contribution is -1.90. The standard InChI is InChI=1S/C7H5Cl2FN2/c8-5-2-1-4(3-12-11)6(9)7(5)10/h1-3H,11H2. The molecular weight excluding hydrogens is 202 g/mol. The van der Waals surface area contributed by atoms with Crippen LogP contribution in [-0.2, 0) is 0 Å². The molecule has 0 radical (unpaired) electrons. The number of nitrogens with two attached hydrogens (primary N) is 1. The number of benzene rings is 1. The molecule has 0 atom stereocenters. The number of rotatable bonds is 1. The van der Waals surface area contributed by atoms with Crippen LogP contribution in [0, 0.1) is 5.82 Å². The maximum Gasteiger partial charge on any atom is 0.161 e. The van der Waals surface area contributed by atoms with E-state index in [0.717, 1.165) is 0 Å². The fourth-order valence-corrected chi connectivity index (χ4v) is 1.14. The molecule has 0 bridgehead atoms. The Hall–Kier alpha value is -0.800. The Labute approximate surface area is 78.8 Å². The van der Waals surface area contributed by atoms with Crippen molar-refractivity contribution in [2.24, 2.45) is 10.9 Å². The maximum absolute atomic E-state index is 12.9. The summed E-state index contributed by atoms with van der Waals surface area (Å²) in [6, 6.07) is 2.92. The fraction of sp³-hybridized carbons (Fsp3) is 0. The molecule has 1 aromatic carbocycles. The van der Waals surface area contributed by atoms with Gasteiger partial charge in [0.1, 0.15) is 0 Å². The molecule has 64 valence electrons. The molecule has 0 saturated heterocycles. The molecule has 1 aromatic rings. The van der Waals surface area contributed by atoms with Crippen molar-refractivity contribution in [3.05, 3.63) is 33.6 Å². The van der Waals surface area contributed by atoms with Gasteiger partial charge in [-0.05, 0) is 6.07 Å². The van der Waals surface area contributed by atoms with E-state index in [9.17, 15) is 4.39 Å². The molecule has 1 rings (SSSR count). The second-order valence-corrected chi connectivity index (χ2v) is 2.83. The van der Waals surface area contributed by atoms with E-state index in [1.807, 2.05) is 0 Å². The predicted octanol–water partition coefficient (Wildman–Crippen LogP) is 2.43. The van der Waals surface area contributed by atoms with Gasteiger partial charge in [-0.1, -0.05) is 29.3 Å². The summed E-state index contributed by atoms with van der Waals surface area (Å²) in [5, 5.41) is 3.13. The van der Waals surface area contributed by atoms with E-state index in [0.29, 0.717) is 5.56 Å². The van der Waals surface area contributed by atoms with Crippen LogP contribution < -0.4 is 5.84 Å². The molecule has 0 spiro atoms. The fourth-order valence-electron chi connectivity index (χ4n) is 0.721. The average Bonchev–Trinajstić information content (AvgIpc) is 2.07. The van der Waals surface area contributed by atoms with Crippen LogP contribution in [0.25, 0.3) is 0 Å². The molecule has 0 unspecified atom stereocenters. The minimum Gasteiger partial charge on any atom is -0.323 e. The highest BCUT2D eigenvalue weighted by Crippen LogP contribution is 2.24. The monoisotopic (exact) mass is 206 g/mol. The van der Waals surface area contributed by atoms with Gasteiger partial charge < -0.3 is 5.84 Å². The Kier molecular flexibility index (Phi) is 2.89. The molecule has 0 aliphatic rings. The molecule has 0 fully saturated rings. The van der Waals surface area contributed by atoms with Gasteiger partial charge in [-0.25, -0.2) is 4.39 Å². The van der Waals surface area contributed by atoms with Crippen molar-refractivity contribution in [1.82, 2.24) is 0 Å². The van der Waals surface area contributed by atoms with E-state index in [4.69, 9.17) is 29.0 Å². The first-order valence-corrected chi connectivity index (χ1v) is 3.79. The van der Waals surface area contributed by atoms with Gasteiger partial charge in [0.2, 0.25) is 0 Å². The van der Waals surface area contributed by atoms with Crippen LogP contribution in [0.1, 0.15) is 5.56 Å². The number of halogens is 3. The zero-order valence-corrected chi connectivity index (χ0v) is 7.40. The number of hydrogen-bond acceptors (Lipinski definition) is 2. The van der Waals surface area contributed by atoms with Crippen LogP contribution >= 0.6 is 23.2 Å². The first kappa shape index (κ1) is 9.29. The minimum absolute atomic E-state index is 0.0193. The molecule has 2 N–H and O–H groups in total. The Morgan fingerprint density at radius 2 is 2.08 bits per heavy atom. The summed E-state index contributed by atoms with van der Waals surface area (Å²) in [5.74, 6) is 4.22. The van der Waals surface area contributed by atoms with E-state index in [2.05, 4.69) is 5.10 Å². The van der Waals surface area contributed by atoms with Crippen molar-refractivity contribution in [2.75, 3.05) is 0 Å². The van der Waals surface area contributed by atoms with Gasteiger partial charge in [-0.2, -0.15) is 5.10 Å². The summed E-state index contributed by atoms with van der Waals surface area (Å²) >= 11 is 11.0. The van der Waals surface area contributed by atoms with Gasteiger partial charge in [-0.3, -0.25) is 0 Å². The number of nitrogens with zero attached hydrogens (tertiary/aromatic N) is 1. The van der Waals surface area contributed by atoms with Crippen LogP contribution in [0.2, 0.25) is 10.0 Å². The SMILES string of the molecule is NN=Cc1ccc(Cl)c(F)c1Cl. The second-order valence-electron chi connectivity index (χ2n) is 2.04. The molecule has 0 aliphatic heterocycles. The Morgan fingerprint density at radius 3 is 2.67 bits per heavy atom. The van der Waals surface area contributed by atoms with Crippen molar-refractivity contribution < 1.29 is 4.39 Å². The van der Waals surface area contributed by atoms with Crippen molar-refractivity contribution in [2.45, 2.75) is 0 Å². The van der Waals surface area contributed by atoms with E-state index in [1.165, 1.54) is 18.3 Å². The summed E-state index contributed by atoms with van der Waals surface area (Å²) < 4.78 is 12.9. The largest absolute Gasteiger partial charge is 0.323 e. The maximum atomic E-state index is 12.9.